The van der Waals surface area contributed by atoms with Gasteiger partial charge in [-0.05, 0) is 0 Å². The van der Waals surface area contributed by atoms with Gasteiger partial charge in [0.1, 0.15) is 0 Å². The van der Waals surface area contributed by atoms with Crippen LogP contribution >= 0.6 is 0 Å². The summed E-state index contributed by atoms with van der Waals surface area (Å²) < 4.78 is -0.226. The Morgan fingerprint density at radius 1 is 1.55 bits per heavy atom. The lowest BCUT2D eigenvalue weighted by atomic mass is 9.92. The quantitative estimate of drug-likeness (QED) is 0.345. The molecule has 0 unspecified atom stereocenters. The molecule has 0 atom stereocenters. The number of piperidine rings is 1. The topological polar surface area (TPSA) is 43.3 Å². The van der Waals surface area contributed by atoms with Crippen molar-refractivity contribution < 1.29 is 9.75 Å². The van der Waals surface area contributed by atoms with E-state index in [1.54, 1.807) is 13.1 Å². The Balaban J connectivity index is 2.54. The van der Waals surface area contributed by atoms with Gasteiger partial charge in [-0.25, -0.2) is 0 Å². The second-order valence-electron chi connectivity index (χ2n) is 3.55. The molecule has 0 aromatic carbocycles. The molecule has 1 fully saturated rings. The molecule has 1 N–H and O–H groups in total. The normalized spacial score (nSPS) is 45.4. The highest BCUT2D eigenvalue weighted by Crippen LogP contribution is 2.25. The molecule has 3 heteroatoms. The SMILES string of the molecule is C=CC1(O)CC[N+](C)([O-])CC1. The van der Waals surface area contributed by atoms with Gasteiger partial charge in [0.25, 0.3) is 0 Å². The van der Waals surface area contributed by atoms with Crippen molar-refractivity contribution in [1.82, 2.24) is 0 Å². The molecule has 0 saturated carbocycles. The van der Waals surface area contributed by atoms with E-state index in [1.165, 1.54) is 0 Å². The average molecular weight is 157 g/mol. The Morgan fingerprint density at radius 3 is 2.36 bits per heavy atom. The van der Waals surface area contributed by atoms with Crippen molar-refractivity contribution in [2.24, 2.45) is 0 Å². The van der Waals surface area contributed by atoms with Crippen molar-refractivity contribution in [1.29, 1.82) is 0 Å². The monoisotopic (exact) mass is 157 g/mol. The summed E-state index contributed by atoms with van der Waals surface area (Å²) in [5.41, 5.74) is -0.776. The molecule has 0 aliphatic carbocycles. The third-order valence-electron chi connectivity index (χ3n) is 2.42. The Morgan fingerprint density at radius 2 is 2.00 bits per heavy atom. The van der Waals surface area contributed by atoms with Crippen molar-refractivity contribution in [2.45, 2.75) is 18.4 Å². The molecule has 0 amide bonds. The van der Waals surface area contributed by atoms with Crippen LogP contribution in [0.5, 0.6) is 0 Å². The fraction of sp³-hybridized carbons (Fsp3) is 0.750. The van der Waals surface area contributed by atoms with Gasteiger partial charge in [0, 0.05) is 12.8 Å². The average Bonchev–Trinajstić information content (AvgIpc) is 1.97. The number of rotatable bonds is 1. The summed E-state index contributed by atoms with van der Waals surface area (Å²) in [5.74, 6) is 0. The highest BCUT2D eigenvalue weighted by molar-refractivity contribution is 4.96. The van der Waals surface area contributed by atoms with Crippen molar-refractivity contribution >= 4 is 0 Å². The lowest BCUT2D eigenvalue weighted by Gasteiger charge is -2.46. The van der Waals surface area contributed by atoms with Crippen molar-refractivity contribution in [3.63, 3.8) is 0 Å². The van der Waals surface area contributed by atoms with Crippen LogP contribution in [0.1, 0.15) is 12.8 Å². The van der Waals surface area contributed by atoms with E-state index in [2.05, 4.69) is 6.58 Å². The zero-order valence-corrected chi connectivity index (χ0v) is 6.92. The summed E-state index contributed by atoms with van der Waals surface area (Å²) in [7, 11) is 1.64. The summed E-state index contributed by atoms with van der Waals surface area (Å²) >= 11 is 0. The fourth-order valence-corrected chi connectivity index (χ4v) is 1.30. The van der Waals surface area contributed by atoms with Crippen LogP contribution in [-0.4, -0.2) is 35.5 Å². The molecule has 0 aromatic rings. The van der Waals surface area contributed by atoms with E-state index < -0.39 is 5.60 Å². The van der Waals surface area contributed by atoms with E-state index in [4.69, 9.17) is 0 Å². The molecule has 0 bridgehead atoms. The van der Waals surface area contributed by atoms with E-state index in [9.17, 15) is 10.3 Å². The lowest BCUT2D eigenvalue weighted by Crippen LogP contribution is -2.50. The summed E-state index contributed by atoms with van der Waals surface area (Å²) in [5, 5.41) is 21.0. The number of hydrogen-bond donors (Lipinski definition) is 1. The van der Waals surface area contributed by atoms with Crippen LogP contribution < -0.4 is 0 Å². The zero-order chi connectivity index (χ0) is 8.54. The molecule has 0 radical (unpaired) electrons. The van der Waals surface area contributed by atoms with E-state index in [-0.39, 0.29) is 4.65 Å². The van der Waals surface area contributed by atoms with Crippen LogP contribution in [0.4, 0.5) is 0 Å². The molecule has 11 heavy (non-hydrogen) atoms. The third-order valence-corrected chi connectivity index (χ3v) is 2.42. The van der Waals surface area contributed by atoms with E-state index in [0.29, 0.717) is 25.9 Å². The summed E-state index contributed by atoms with van der Waals surface area (Å²) in [6.07, 6.45) is 2.62. The van der Waals surface area contributed by atoms with Crippen LogP contribution in [0, 0.1) is 5.21 Å². The van der Waals surface area contributed by atoms with Gasteiger partial charge in [-0.1, -0.05) is 6.08 Å². The molecule has 3 nitrogen and oxygen atoms in total. The zero-order valence-electron chi connectivity index (χ0n) is 6.92. The van der Waals surface area contributed by atoms with Gasteiger partial charge < -0.3 is 15.0 Å². The van der Waals surface area contributed by atoms with E-state index in [0.717, 1.165) is 0 Å². The maximum atomic E-state index is 11.3. The van der Waals surface area contributed by atoms with Gasteiger partial charge in [-0.3, -0.25) is 0 Å². The van der Waals surface area contributed by atoms with Crippen LogP contribution in [0.2, 0.25) is 0 Å². The second-order valence-corrected chi connectivity index (χ2v) is 3.55. The number of aliphatic hydroxyl groups is 1. The molecule has 1 heterocycles. The Hall–Kier alpha value is -0.380. The first kappa shape index (κ1) is 8.71. The van der Waals surface area contributed by atoms with Crippen LogP contribution in [0.15, 0.2) is 12.7 Å². The van der Waals surface area contributed by atoms with Gasteiger partial charge in [0.15, 0.2) is 0 Å². The number of hydroxylamine groups is 3. The number of nitrogens with zero attached hydrogens (tertiary/aromatic N) is 1. The minimum atomic E-state index is -0.776. The molecular formula is C8H15NO2. The van der Waals surface area contributed by atoms with E-state index >= 15 is 0 Å². The van der Waals surface area contributed by atoms with Gasteiger partial charge in [0.05, 0.1) is 25.7 Å². The first-order valence-electron chi connectivity index (χ1n) is 3.89. The molecular weight excluding hydrogens is 142 g/mol. The van der Waals surface area contributed by atoms with E-state index in [1.807, 2.05) is 0 Å². The highest BCUT2D eigenvalue weighted by Gasteiger charge is 2.32. The molecule has 1 saturated heterocycles. The van der Waals surface area contributed by atoms with Gasteiger partial charge in [0.2, 0.25) is 0 Å². The summed E-state index contributed by atoms with van der Waals surface area (Å²) in [4.78, 5) is 0. The first-order chi connectivity index (χ1) is 4.97. The maximum absolute atomic E-state index is 11.3. The predicted octanol–water partition coefficient (Wildman–Crippen LogP) is 0.642. The van der Waals surface area contributed by atoms with Gasteiger partial charge >= 0.3 is 0 Å². The largest absolute Gasteiger partial charge is 0.633 e. The first-order valence-corrected chi connectivity index (χ1v) is 3.89. The highest BCUT2D eigenvalue weighted by atomic mass is 16.5. The lowest BCUT2D eigenvalue weighted by molar-refractivity contribution is -0.868. The van der Waals surface area contributed by atoms with Gasteiger partial charge in [-0.15, -0.1) is 6.58 Å². The number of likely N-dealkylation sites (tertiary alicyclic amines) is 1. The summed E-state index contributed by atoms with van der Waals surface area (Å²) in [6, 6.07) is 0. The fourth-order valence-electron chi connectivity index (χ4n) is 1.30. The third kappa shape index (κ3) is 2.02. The van der Waals surface area contributed by atoms with Crippen LogP contribution in [0.25, 0.3) is 0 Å². The molecule has 1 aliphatic heterocycles. The maximum Gasteiger partial charge on any atom is 0.0932 e. The minimum Gasteiger partial charge on any atom is -0.633 e. The van der Waals surface area contributed by atoms with Crippen LogP contribution in [0.3, 0.4) is 0 Å². The molecule has 64 valence electrons. The summed E-state index contributed by atoms with van der Waals surface area (Å²) in [6.45, 7) is 4.52. The standard InChI is InChI=1S/C8H15NO2/c1-3-8(10)4-6-9(2,11)7-5-8/h3,10H,1,4-7H2,2H3. The predicted molar refractivity (Wildman–Crippen MR) is 43.7 cm³/mol. The Kier molecular flexibility index (Phi) is 2.05. The molecule has 0 aromatic heterocycles. The smallest absolute Gasteiger partial charge is 0.0932 e. The minimum absolute atomic E-state index is 0.226. The Labute approximate surface area is 67.1 Å². The second kappa shape index (κ2) is 2.59. The Bertz CT molecular complexity index is 155. The van der Waals surface area contributed by atoms with Gasteiger partial charge in [-0.2, -0.15) is 0 Å². The van der Waals surface area contributed by atoms with Crippen LogP contribution in [-0.2, 0) is 0 Å². The van der Waals surface area contributed by atoms with Crippen molar-refractivity contribution in [3.05, 3.63) is 17.9 Å². The number of quaternary nitrogens is 1. The molecule has 0 spiro atoms. The van der Waals surface area contributed by atoms with Crippen molar-refractivity contribution in [3.8, 4) is 0 Å². The molecule has 1 rings (SSSR count). The molecule has 1 aliphatic rings. The van der Waals surface area contributed by atoms with Crippen molar-refractivity contribution in [2.75, 3.05) is 20.1 Å². The number of hydrogen-bond acceptors (Lipinski definition) is 2.